The molecule has 2 atom stereocenters. The van der Waals surface area contributed by atoms with Gasteiger partial charge in [0.05, 0.1) is 12.1 Å². The summed E-state index contributed by atoms with van der Waals surface area (Å²) in [5.74, 6) is 5.42. The fraction of sp³-hybridized carbons (Fsp3) is 0.571. The topological polar surface area (TPSA) is 56.5 Å². The molecule has 0 saturated carbocycles. The van der Waals surface area contributed by atoms with Crippen LogP contribution in [0.4, 0.5) is 13.2 Å². The number of hydrazine groups is 1. The number of rotatable bonds is 7. The maximum Gasteiger partial charge on any atom is 0.573 e. The van der Waals surface area contributed by atoms with Crippen molar-refractivity contribution in [2.45, 2.75) is 39.3 Å². The minimum absolute atomic E-state index is 0.137. The van der Waals surface area contributed by atoms with Crippen LogP contribution in [0.15, 0.2) is 24.3 Å². The van der Waals surface area contributed by atoms with Crippen molar-refractivity contribution in [2.24, 2.45) is 11.8 Å². The highest BCUT2D eigenvalue weighted by molar-refractivity contribution is 5.31. The molecule has 4 nitrogen and oxygen atoms in total. The Morgan fingerprint density at radius 2 is 1.95 bits per heavy atom. The summed E-state index contributed by atoms with van der Waals surface area (Å²) in [4.78, 5) is 0. The zero-order valence-corrected chi connectivity index (χ0v) is 12.3. The van der Waals surface area contributed by atoms with Crippen molar-refractivity contribution in [1.82, 2.24) is 5.43 Å². The maximum absolute atomic E-state index is 12.3. The third-order valence-corrected chi connectivity index (χ3v) is 2.98. The van der Waals surface area contributed by atoms with Gasteiger partial charge in [0, 0.05) is 6.61 Å². The second-order valence-corrected chi connectivity index (χ2v) is 4.93. The number of benzene rings is 1. The highest BCUT2D eigenvalue weighted by atomic mass is 19.4. The van der Waals surface area contributed by atoms with E-state index in [-0.39, 0.29) is 17.8 Å². The molecule has 0 aliphatic heterocycles. The molecule has 0 radical (unpaired) electrons. The van der Waals surface area contributed by atoms with E-state index in [1.54, 1.807) is 6.07 Å². The average molecular weight is 306 g/mol. The molecule has 0 fully saturated rings. The molecule has 0 spiro atoms. The van der Waals surface area contributed by atoms with Gasteiger partial charge in [-0.05, 0) is 30.5 Å². The largest absolute Gasteiger partial charge is 0.573 e. The number of ether oxygens (including phenoxy) is 2. The van der Waals surface area contributed by atoms with Crippen LogP contribution in [0, 0.1) is 5.92 Å². The van der Waals surface area contributed by atoms with Crippen molar-refractivity contribution in [1.29, 1.82) is 0 Å². The lowest BCUT2D eigenvalue weighted by Gasteiger charge is -2.30. The van der Waals surface area contributed by atoms with Gasteiger partial charge < -0.3 is 9.47 Å². The Balaban J connectivity index is 3.02. The summed E-state index contributed by atoms with van der Waals surface area (Å²) < 4.78 is 46.4. The van der Waals surface area contributed by atoms with E-state index in [9.17, 15) is 13.2 Å². The number of halogens is 3. The summed E-state index contributed by atoms with van der Waals surface area (Å²) in [5.41, 5.74) is 3.19. The van der Waals surface area contributed by atoms with Crippen LogP contribution in [-0.2, 0) is 4.74 Å². The van der Waals surface area contributed by atoms with Gasteiger partial charge >= 0.3 is 6.36 Å². The summed E-state index contributed by atoms with van der Waals surface area (Å²) >= 11 is 0. The van der Waals surface area contributed by atoms with Gasteiger partial charge in [-0.2, -0.15) is 0 Å². The minimum Gasteiger partial charge on any atom is -0.406 e. The Morgan fingerprint density at radius 1 is 1.29 bits per heavy atom. The SMILES string of the molecule is CCOC(C(C)C)C(NN)c1cccc(OC(F)(F)F)c1. The maximum atomic E-state index is 12.3. The van der Waals surface area contributed by atoms with E-state index in [4.69, 9.17) is 10.6 Å². The van der Waals surface area contributed by atoms with E-state index in [1.807, 2.05) is 20.8 Å². The number of nitrogens with two attached hydrogens (primary N) is 1. The van der Waals surface area contributed by atoms with E-state index in [1.165, 1.54) is 18.2 Å². The zero-order chi connectivity index (χ0) is 16.0. The fourth-order valence-electron chi connectivity index (χ4n) is 2.15. The zero-order valence-electron chi connectivity index (χ0n) is 12.3. The average Bonchev–Trinajstić information content (AvgIpc) is 2.37. The molecular formula is C14H21F3N2O2. The molecule has 0 aromatic heterocycles. The van der Waals surface area contributed by atoms with Crippen LogP contribution >= 0.6 is 0 Å². The van der Waals surface area contributed by atoms with Crippen LogP contribution in [-0.4, -0.2) is 19.1 Å². The summed E-state index contributed by atoms with van der Waals surface area (Å²) in [6.45, 7) is 6.26. The van der Waals surface area contributed by atoms with Crippen molar-refractivity contribution in [2.75, 3.05) is 6.61 Å². The quantitative estimate of drug-likeness (QED) is 0.600. The van der Waals surface area contributed by atoms with E-state index < -0.39 is 12.4 Å². The van der Waals surface area contributed by atoms with E-state index in [2.05, 4.69) is 10.2 Å². The van der Waals surface area contributed by atoms with Gasteiger partial charge in [-0.15, -0.1) is 13.2 Å². The molecule has 120 valence electrons. The molecule has 1 aromatic rings. The fourth-order valence-corrected chi connectivity index (χ4v) is 2.15. The first-order valence-electron chi connectivity index (χ1n) is 6.72. The molecule has 0 aliphatic rings. The molecular weight excluding hydrogens is 285 g/mol. The van der Waals surface area contributed by atoms with Crippen molar-refractivity contribution in [3.05, 3.63) is 29.8 Å². The van der Waals surface area contributed by atoms with Gasteiger partial charge in [0.2, 0.25) is 0 Å². The molecule has 21 heavy (non-hydrogen) atoms. The Hall–Kier alpha value is -1.31. The predicted molar refractivity (Wildman–Crippen MR) is 73.4 cm³/mol. The lowest BCUT2D eigenvalue weighted by atomic mass is 9.94. The van der Waals surface area contributed by atoms with E-state index in [0.717, 1.165) is 0 Å². The highest BCUT2D eigenvalue weighted by Gasteiger charge is 2.32. The monoisotopic (exact) mass is 306 g/mol. The third-order valence-electron chi connectivity index (χ3n) is 2.98. The van der Waals surface area contributed by atoms with Crippen molar-refractivity contribution < 1.29 is 22.6 Å². The Bertz CT molecular complexity index is 438. The molecule has 2 unspecified atom stereocenters. The summed E-state index contributed by atoms with van der Waals surface area (Å²) in [7, 11) is 0. The molecule has 0 aliphatic carbocycles. The van der Waals surface area contributed by atoms with E-state index >= 15 is 0 Å². The molecule has 0 amide bonds. The second kappa shape index (κ2) is 7.63. The smallest absolute Gasteiger partial charge is 0.406 e. The summed E-state index contributed by atoms with van der Waals surface area (Å²) in [6, 6.07) is 5.30. The van der Waals surface area contributed by atoms with Gasteiger partial charge in [0.25, 0.3) is 0 Å². The Kier molecular flexibility index (Phi) is 6.44. The molecule has 3 N–H and O–H groups in total. The molecule has 1 aromatic carbocycles. The third kappa shape index (κ3) is 5.53. The van der Waals surface area contributed by atoms with Gasteiger partial charge in [-0.3, -0.25) is 11.3 Å². The first-order valence-corrected chi connectivity index (χ1v) is 6.72. The number of hydrogen-bond acceptors (Lipinski definition) is 4. The van der Waals surface area contributed by atoms with Crippen LogP contribution in [0.25, 0.3) is 0 Å². The Morgan fingerprint density at radius 3 is 2.43 bits per heavy atom. The van der Waals surface area contributed by atoms with E-state index in [0.29, 0.717) is 12.2 Å². The number of nitrogens with one attached hydrogen (secondary N) is 1. The van der Waals surface area contributed by atoms with Crippen molar-refractivity contribution >= 4 is 0 Å². The van der Waals surface area contributed by atoms with Gasteiger partial charge in [0.15, 0.2) is 0 Å². The molecule has 0 saturated heterocycles. The van der Waals surface area contributed by atoms with Gasteiger partial charge in [-0.25, -0.2) is 0 Å². The van der Waals surface area contributed by atoms with Crippen LogP contribution in [0.2, 0.25) is 0 Å². The second-order valence-electron chi connectivity index (χ2n) is 4.93. The van der Waals surface area contributed by atoms with Crippen molar-refractivity contribution in [3.8, 4) is 5.75 Å². The number of hydrogen-bond donors (Lipinski definition) is 2. The summed E-state index contributed by atoms with van der Waals surface area (Å²) in [6.07, 6.45) is -4.98. The predicted octanol–water partition coefficient (Wildman–Crippen LogP) is 3.15. The first-order chi connectivity index (χ1) is 9.78. The summed E-state index contributed by atoms with van der Waals surface area (Å²) in [5, 5.41) is 0. The standard InChI is InChI=1S/C14H21F3N2O2/c1-4-20-13(9(2)3)12(19-18)10-6-5-7-11(8-10)21-14(15,16)17/h5-9,12-13,19H,4,18H2,1-3H3. The van der Waals surface area contributed by atoms with Crippen LogP contribution in [0.3, 0.4) is 0 Å². The first kappa shape index (κ1) is 17.7. The minimum atomic E-state index is -4.72. The van der Waals surface area contributed by atoms with Crippen LogP contribution < -0.4 is 16.0 Å². The highest BCUT2D eigenvalue weighted by Crippen LogP contribution is 2.29. The van der Waals surface area contributed by atoms with Crippen molar-refractivity contribution in [3.63, 3.8) is 0 Å². The molecule has 0 bridgehead atoms. The lowest BCUT2D eigenvalue weighted by Crippen LogP contribution is -2.40. The van der Waals surface area contributed by atoms with Crippen LogP contribution in [0.1, 0.15) is 32.4 Å². The molecule has 7 heteroatoms. The van der Waals surface area contributed by atoms with Gasteiger partial charge in [0.1, 0.15) is 5.75 Å². The van der Waals surface area contributed by atoms with Crippen LogP contribution in [0.5, 0.6) is 5.75 Å². The molecule has 0 heterocycles. The lowest BCUT2D eigenvalue weighted by molar-refractivity contribution is -0.274. The normalized spacial score (nSPS) is 15.0. The van der Waals surface area contributed by atoms with Gasteiger partial charge in [-0.1, -0.05) is 26.0 Å². The number of alkyl halides is 3. The Labute approximate surface area is 122 Å². The molecule has 1 rings (SSSR count).